The van der Waals surface area contributed by atoms with Crippen molar-refractivity contribution in [2.24, 2.45) is 0 Å². The minimum atomic E-state index is 0.825. The summed E-state index contributed by atoms with van der Waals surface area (Å²) in [6.45, 7) is 7.81. The first-order chi connectivity index (χ1) is 12.2. The van der Waals surface area contributed by atoms with Gasteiger partial charge in [-0.25, -0.2) is 15.0 Å². The lowest BCUT2D eigenvalue weighted by atomic mass is 10.2. The van der Waals surface area contributed by atoms with Crippen molar-refractivity contribution in [3.05, 3.63) is 35.8 Å². The highest BCUT2D eigenvalue weighted by atomic mass is 32.2. The van der Waals surface area contributed by atoms with E-state index in [1.807, 2.05) is 30.0 Å². The van der Waals surface area contributed by atoms with Crippen LogP contribution < -0.4 is 9.80 Å². The van der Waals surface area contributed by atoms with E-state index in [0.29, 0.717) is 0 Å². The molecule has 1 saturated heterocycles. The minimum absolute atomic E-state index is 0.825. The summed E-state index contributed by atoms with van der Waals surface area (Å²) >= 11 is 1.58. The summed E-state index contributed by atoms with van der Waals surface area (Å²) in [4.78, 5) is 18.3. The number of aromatic nitrogens is 5. The number of nitrogens with zero attached hydrogens (tertiary/aromatic N) is 7. The lowest BCUT2D eigenvalue weighted by molar-refractivity contribution is 0.628. The number of hydrogen-bond acceptors (Lipinski definition) is 7. The molecule has 0 unspecified atom stereocenters. The van der Waals surface area contributed by atoms with Crippen LogP contribution in [0.5, 0.6) is 0 Å². The highest BCUT2D eigenvalue weighted by molar-refractivity contribution is 7.98. The highest BCUT2D eigenvalue weighted by Crippen LogP contribution is 2.24. The number of piperazine rings is 1. The summed E-state index contributed by atoms with van der Waals surface area (Å²) in [6, 6.07) is 4.05. The maximum absolute atomic E-state index is 4.70. The molecule has 1 fully saturated rings. The molecule has 0 aliphatic carbocycles. The predicted molar refractivity (Wildman–Crippen MR) is 101 cm³/mol. The zero-order valence-corrected chi connectivity index (χ0v) is 15.5. The monoisotopic (exact) mass is 355 g/mol. The number of anilines is 2. The maximum Gasteiger partial charge on any atom is 0.189 e. The first-order valence-corrected chi connectivity index (χ1v) is 9.57. The molecule has 4 rings (SSSR count). The molecule has 3 aromatic heterocycles. The molecule has 25 heavy (non-hydrogen) atoms. The summed E-state index contributed by atoms with van der Waals surface area (Å²) < 4.78 is 1.92. The maximum atomic E-state index is 4.70. The quantitative estimate of drug-likeness (QED) is 0.527. The minimum Gasteiger partial charge on any atom is -0.353 e. The molecule has 1 aliphatic rings. The molecular weight excluding hydrogens is 334 g/mol. The summed E-state index contributed by atoms with van der Waals surface area (Å²) in [5.41, 5.74) is 3.04. The van der Waals surface area contributed by atoms with Crippen molar-refractivity contribution in [2.45, 2.75) is 19.0 Å². The first-order valence-electron chi connectivity index (χ1n) is 8.34. The fraction of sp³-hybridized carbons (Fsp3) is 0.412. The average molecular weight is 355 g/mol. The van der Waals surface area contributed by atoms with E-state index in [4.69, 9.17) is 4.98 Å². The summed E-state index contributed by atoms with van der Waals surface area (Å²) in [7, 11) is 0. The SMILES string of the molecule is CSc1ncc(C)c(N2CCN(c3cc(C)nc4ccnn34)CC2)n1. The Kier molecular flexibility index (Phi) is 4.20. The van der Waals surface area contributed by atoms with E-state index in [1.165, 1.54) is 0 Å². The van der Waals surface area contributed by atoms with Gasteiger partial charge in [0.25, 0.3) is 0 Å². The molecule has 0 bridgehead atoms. The van der Waals surface area contributed by atoms with Gasteiger partial charge in [-0.2, -0.15) is 9.61 Å². The van der Waals surface area contributed by atoms with Crippen LogP contribution in [0, 0.1) is 13.8 Å². The van der Waals surface area contributed by atoms with Gasteiger partial charge < -0.3 is 9.80 Å². The van der Waals surface area contributed by atoms with E-state index in [1.54, 1.807) is 18.0 Å². The van der Waals surface area contributed by atoms with Gasteiger partial charge in [0.05, 0.1) is 6.20 Å². The van der Waals surface area contributed by atoms with Crippen LogP contribution in [0.3, 0.4) is 0 Å². The Morgan fingerprint density at radius 2 is 1.80 bits per heavy atom. The van der Waals surface area contributed by atoms with Gasteiger partial charge in [-0.3, -0.25) is 0 Å². The van der Waals surface area contributed by atoms with Crippen molar-refractivity contribution in [3.8, 4) is 0 Å². The van der Waals surface area contributed by atoms with Gasteiger partial charge in [0.2, 0.25) is 0 Å². The van der Waals surface area contributed by atoms with E-state index in [-0.39, 0.29) is 0 Å². The van der Waals surface area contributed by atoms with Crippen LogP contribution in [0.2, 0.25) is 0 Å². The van der Waals surface area contributed by atoms with Crippen LogP contribution in [-0.4, -0.2) is 57.0 Å². The van der Waals surface area contributed by atoms with Crippen LogP contribution in [0.15, 0.2) is 29.7 Å². The lowest BCUT2D eigenvalue weighted by Crippen LogP contribution is -2.47. The molecule has 1 aliphatic heterocycles. The van der Waals surface area contributed by atoms with Crippen LogP contribution >= 0.6 is 11.8 Å². The Labute approximate surface area is 151 Å². The van der Waals surface area contributed by atoms with Gasteiger partial charge in [-0.05, 0) is 20.1 Å². The summed E-state index contributed by atoms with van der Waals surface area (Å²) in [5.74, 6) is 2.16. The standard InChI is InChI=1S/C17H21N7S/c1-12-11-18-17(25-3)21-16(12)23-8-6-22(7-9-23)15-10-13(2)20-14-4-5-19-24(14)15/h4-5,10-11H,6-9H2,1-3H3. The molecule has 4 heterocycles. The number of aryl methyl sites for hydroxylation is 2. The number of thioether (sulfide) groups is 1. The third-order valence-corrected chi connectivity index (χ3v) is 5.04. The Balaban J connectivity index is 1.56. The third-order valence-electron chi connectivity index (χ3n) is 4.48. The predicted octanol–water partition coefficient (Wildman–Crippen LogP) is 2.18. The highest BCUT2D eigenvalue weighted by Gasteiger charge is 2.22. The molecule has 0 atom stereocenters. The van der Waals surface area contributed by atoms with Gasteiger partial charge in [-0.15, -0.1) is 0 Å². The number of rotatable bonds is 3. The van der Waals surface area contributed by atoms with Crippen molar-refractivity contribution < 1.29 is 0 Å². The zero-order valence-electron chi connectivity index (χ0n) is 14.7. The second kappa shape index (κ2) is 6.51. The van der Waals surface area contributed by atoms with Crippen LogP contribution in [0.1, 0.15) is 11.3 Å². The summed E-state index contributed by atoms with van der Waals surface area (Å²) in [5, 5.41) is 5.25. The van der Waals surface area contributed by atoms with E-state index < -0.39 is 0 Å². The van der Waals surface area contributed by atoms with Gasteiger partial charge in [0.15, 0.2) is 10.8 Å². The molecule has 0 saturated carbocycles. The molecule has 0 spiro atoms. The van der Waals surface area contributed by atoms with Crippen molar-refractivity contribution >= 4 is 29.0 Å². The molecule has 0 radical (unpaired) electrons. The fourth-order valence-corrected chi connectivity index (χ4v) is 3.56. The van der Waals surface area contributed by atoms with Crippen molar-refractivity contribution in [2.75, 3.05) is 42.2 Å². The van der Waals surface area contributed by atoms with Gasteiger partial charge >= 0.3 is 0 Å². The molecule has 0 amide bonds. The molecular formula is C17H21N7S. The van der Waals surface area contributed by atoms with Crippen LogP contribution in [-0.2, 0) is 0 Å². The van der Waals surface area contributed by atoms with E-state index >= 15 is 0 Å². The smallest absolute Gasteiger partial charge is 0.189 e. The Morgan fingerprint density at radius 1 is 1.04 bits per heavy atom. The van der Waals surface area contributed by atoms with E-state index in [2.05, 4.69) is 37.9 Å². The topological polar surface area (TPSA) is 62.5 Å². The molecule has 130 valence electrons. The average Bonchev–Trinajstić information content (AvgIpc) is 3.10. The van der Waals surface area contributed by atoms with Crippen LogP contribution in [0.4, 0.5) is 11.6 Å². The van der Waals surface area contributed by atoms with Gasteiger partial charge in [0.1, 0.15) is 11.6 Å². The molecule has 0 N–H and O–H groups in total. The van der Waals surface area contributed by atoms with Gasteiger partial charge in [-0.1, -0.05) is 11.8 Å². The second-order valence-electron chi connectivity index (χ2n) is 6.19. The second-order valence-corrected chi connectivity index (χ2v) is 6.97. The summed E-state index contributed by atoms with van der Waals surface area (Å²) in [6.07, 6.45) is 5.73. The zero-order chi connectivity index (χ0) is 17.4. The van der Waals surface area contributed by atoms with E-state index in [9.17, 15) is 0 Å². The Bertz CT molecular complexity index is 899. The van der Waals surface area contributed by atoms with Gasteiger partial charge in [0, 0.05) is 55.8 Å². The third kappa shape index (κ3) is 3.02. The fourth-order valence-electron chi connectivity index (χ4n) is 3.23. The largest absolute Gasteiger partial charge is 0.353 e. The first kappa shape index (κ1) is 16.1. The number of fused-ring (bicyclic) bond motifs is 1. The number of hydrogen-bond donors (Lipinski definition) is 0. The van der Waals surface area contributed by atoms with Crippen LogP contribution in [0.25, 0.3) is 5.65 Å². The normalized spacial score (nSPS) is 15.2. The Hall–Kier alpha value is -2.35. The molecule has 8 heteroatoms. The van der Waals surface area contributed by atoms with Crippen molar-refractivity contribution in [1.82, 2.24) is 24.6 Å². The molecule has 7 nitrogen and oxygen atoms in total. The molecule has 0 aromatic carbocycles. The Morgan fingerprint density at radius 3 is 2.56 bits per heavy atom. The lowest BCUT2D eigenvalue weighted by Gasteiger charge is -2.37. The molecule has 3 aromatic rings. The van der Waals surface area contributed by atoms with Crippen molar-refractivity contribution in [1.29, 1.82) is 0 Å². The van der Waals surface area contributed by atoms with E-state index in [0.717, 1.165) is 59.9 Å². The van der Waals surface area contributed by atoms with Crippen molar-refractivity contribution in [3.63, 3.8) is 0 Å².